The van der Waals surface area contributed by atoms with Crippen molar-refractivity contribution in [1.82, 2.24) is 0 Å². The zero-order valence-electron chi connectivity index (χ0n) is 17.9. The van der Waals surface area contributed by atoms with Crippen molar-refractivity contribution < 1.29 is 43.6 Å². The Morgan fingerprint density at radius 2 is 1.13 bits per heavy atom. The van der Waals surface area contributed by atoms with Crippen molar-refractivity contribution in [2.24, 2.45) is 0 Å². The number of carbonyl (C=O) groups excluding carboxylic acids is 2. The van der Waals surface area contributed by atoms with Crippen LogP contribution in [0, 0.1) is 0 Å². The van der Waals surface area contributed by atoms with Gasteiger partial charge in [-0.3, -0.25) is 0 Å². The molecule has 0 radical (unpaired) electrons. The van der Waals surface area contributed by atoms with Gasteiger partial charge in [0.2, 0.25) is 6.29 Å². The van der Waals surface area contributed by atoms with Crippen molar-refractivity contribution in [3.05, 3.63) is 48.6 Å². The predicted molar refractivity (Wildman–Crippen MR) is 109 cm³/mol. The molecule has 2 unspecified atom stereocenters. The van der Waals surface area contributed by atoms with Crippen molar-refractivity contribution >= 4 is 23.9 Å². The Labute approximate surface area is 176 Å². The number of carbonyl (C=O) groups is 4. The minimum atomic E-state index is -0.935. The van der Waals surface area contributed by atoms with Gasteiger partial charge in [0, 0.05) is 22.3 Å². The summed E-state index contributed by atoms with van der Waals surface area (Å²) < 4.78 is 15.6. The first-order valence-electron chi connectivity index (χ1n) is 8.82. The van der Waals surface area contributed by atoms with Crippen molar-refractivity contribution in [3.8, 4) is 0 Å². The largest absolute Gasteiger partial charge is 0.478 e. The molecule has 0 aromatic rings. The van der Waals surface area contributed by atoms with E-state index in [1.807, 2.05) is 0 Å². The van der Waals surface area contributed by atoms with Crippen LogP contribution in [0.25, 0.3) is 0 Å². The van der Waals surface area contributed by atoms with E-state index in [0.29, 0.717) is 18.6 Å². The molecule has 0 aromatic carbocycles. The van der Waals surface area contributed by atoms with Crippen LogP contribution in [-0.4, -0.2) is 53.1 Å². The molecule has 1 rings (SSSR count). The summed E-state index contributed by atoms with van der Waals surface area (Å²) in [7, 11) is 0. The van der Waals surface area contributed by atoms with Gasteiger partial charge in [-0.1, -0.05) is 26.3 Å². The maximum absolute atomic E-state index is 11.4. The van der Waals surface area contributed by atoms with Crippen LogP contribution in [0.15, 0.2) is 48.6 Å². The minimum absolute atomic E-state index is 0.176. The second-order valence-electron chi connectivity index (χ2n) is 6.46. The SMILES string of the molecule is C=C(C)C(=O)O.C=C(C)C(=O)O.C=C(C)C(=O)OC1CCCOC1OC(=O)C(=C)C. The smallest absolute Gasteiger partial charge is 0.335 e. The molecule has 9 heteroatoms. The van der Waals surface area contributed by atoms with Crippen molar-refractivity contribution in [2.75, 3.05) is 6.61 Å². The normalized spacial score (nSPS) is 16.8. The van der Waals surface area contributed by atoms with Crippen LogP contribution >= 0.6 is 0 Å². The molecule has 168 valence electrons. The molecule has 0 aromatic heterocycles. The quantitative estimate of drug-likeness (QED) is 0.485. The Morgan fingerprint density at radius 1 is 0.767 bits per heavy atom. The monoisotopic (exact) mass is 426 g/mol. The van der Waals surface area contributed by atoms with Gasteiger partial charge in [-0.05, 0) is 40.5 Å². The molecule has 9 nitrogen and oxygen atoms in total. The lowest BCUT2D eigenvalue weighted by Crippen LogP contribution is -2.41. The molecule has 0 amide bonds. The Morgan fingerprint density at radius 3 is 1.47 bits per heavy atom. The van der Waals surface area contributed by atoms with E-state index in [9.17, 15) is 19.2 Å². The Balaban J connectivity index is 0. The highest BCUT2D eigenvalue weighted by atomic mass is 16.7. The van der Waals surface area contributed by atoms with Gasteiger partial charge < -0.3 is 24.4 Å². The fourth-order valence-electron chi connectivity index (χ4n) is 1.40. The fourth-order valence-corrected chi connectivity index (χ4v) is 1.40. The molecule has 0 spiro atoms. The topological polar surface area (TPSA) is 136 Å². The van der Waals surface area contributed by atoms with Crippen molar-refractivity contribution in [3.63, 3.8) is 0 Å². The van der Waals surface area contributed by atoms with Crippen molar-refractivity contribution in [2.45, 2.75) is 52.9 Å². The predicted octanol–water partition coefficient (Wildman–Crippen LogP) is 3.02. The zero-order valence-corrected chi connectivity index (χ0v) is 17.9. The summed E-state index contributed by atoms with van der Waals surface area (Å²) in [6, 6.07) is 0. The maximum Gasteiger partial charge on any atom is 0.335 e. The van der Waals surface area contributed by atoms with Crippen LogP contribution in [0.5, 0.6) is 0 Å². The number of hydrogen-bond acceptors (Lipinski definition) is 7. The van der Waals surface area contributed by atoms with Gasteiger partial charge in [-0.2, -0.15) is 0 Å². The van der Waals surface area contributed by atoms with E-state index < -0.39 is 36.3 Å². The van der Waals surface area contributed by atoms with Gasteiger partial charge in [-0.15, -0.1) is 0 Å². The third-order valence-electron chi connectivity index (χ3n) is 3.13. The van der Waals surface area contributed by atoms with Crippen LogP contribution < -0.4 is 0 Å². The summed E-state index contributed by atoms with van der Waals surface area (Å²) in [5.41, 5.74) is 0.921. The summed E-state index contributed by atoms with van der Waals surface area (Å²) in [6.45, 7) is 19.7. The highest BCUT2D eigenvalue weighted by Gasteiger charge is 2.32. The molecule has 1 heterocycles. The Kier molecular flexibility index (Phi) is 14.3. The lowest BCUT2D eigenvalue weighted by atomic mass is 10.1. The fraction of sp³-hybridized carbons (Fsp3) is 0.429. The number of esters is 2. The van der Waals surface area contributed by atoms with E-state index in [0.717, 1.165) is 6.42 Å². The molecular weight excluding hydrogens is 396 g/mol. The molecule has 30 heavy (non-hydrogen) atoms. The highest BCUT2D eigenvalue weighted by Crippen LogP contribution is 2.20. The zero-order chi connectivity index (χ0) is 24.0. The molecule has 1 aliphatic rings. The van der Waals surface area contributed by atoms with Gasteiger partial charge in [0.1, 0.15) is 0 Å². The van der Waals surface area contributed by atoms with Gasteiger partial charge in [-0.25, -0.2) is 19.2 Å². The molecule has 0 bridgehead atoms. The molecule has 1 fully saturated rings. The van der Waals surface area contributed by atoms with Crippen LogP contribution in [0.3, 0.4) is 0 Å². The number of carboxylic acids is 2. The van der Waals surface area contributed by atoms with E-state index in [2.05, 4.69) is 26.3 Å². The first-order valence-corrected chi connectivity index (χ1v) is 8.82. The Hall–Kier alpha value is -3.20. The third kappa shape index (κ3) is 13.9. The summed E-state index contributed by atoms with van der Waals surface area (Å²) in [6.07, 6.45) is -0.125. The van der Waals surface area contributed by atoms with Crippen LogP contribution in [0.2, 0.25) is 0 Å². The van der Waals surface area contributed by atoms with E-state index in [1.54, 1.807) is 13.8 Å². The van der Waals surface area contributed by atoms with Crippen LogP contribution in [0.4, 0.5) is 0 Å². The Bertz CT molecular complexity index is 619. The lowest BCUT2D eigenvalue weighted by molar-refractivity contribution is -0.222. The summed E-state index contributed by atoms with van der Waals surface area (Å²) >= 11 is 0. The molecule has 1 aliphatic heterocycles. The first-order chi connectivity index (χ1) is 13.7. The molecule has 2 N–H and O–H groups in total. The van der Waals surface area contributed by atoms with Crippen molar-refractivity contribution in [1.29, 1.82) is 0 Å². The van der Waals surface area contributed by atoms with Gasteiger partial charge in [0.15, 0.2) is 6.10 Å². The average molecular weight is 426 g/mol. The average Bonchev–Trinajstić information content (AvgIpc) is 2.63. The molecule has 1 saturated heterocycles. The number of hydrogen-bond donors (Lipinski definition) is 2. The number of ether oxygens (including phenoxy) is 3. The molecule has 0 saturated carbocycles. The molecular formula is C21H30O9. The van der Waals surface area contributed by atoms with Gasteiger partial charge in [0.25, 0.3) is 0 Å². The number of carboxylic acid groups (broad SMARTS) is 2. The summed E-state index contributed by atoms with van der Waals surface area (Å²) in [4.78, 5) is 42.1. The number of aliphatic carboxylic acids is 2. The van der Waals surface area contributed by atoms with Crippen LogP contribution in [-0.2, 0) is 33.4 Å². The third-order valence-corrected chi connectivity index (χ3v) is 3.13. The number of rotatable bonds is 6. The van der Waals surface area contributed by atoms with Gasteiger partial charge >= 0.3 is 23.9 Å². The van der Waals surface area contributed by atoms with E-state index in [4.69, 9.17) is 24.4 Å². The summed E-state index contributed by atoms with van der Waals surface area (Å²) in [5.74, 6) is -2.94. The molecule has 2 atom stereocenters. The molecule has 0 aliphatic carbocycles. The van der Waals surface area contributed by atoms with Gasteiger partial charge in [0.05, 0.1) is 6.61 Å². The second kappa shape index (κ2) is 14.7. The van der Waals surface area contributed by atoms with E-state index >= 15 is 0 Å². The lowest BCUT2D eigenvalue weighted by Gasteiger charge is -2.30. The first kappa shape index (κ1) is 29.0. The highest BCUT2D eigenvalue weighted by molar-refractivity contribution is 5.88. The second-order valence-corrected chi connectivity index (χ2v) is 6.46. The summed E-state index contributed by atoms with van der Waals surface area (Å²) in [5, 5.41) is 15.8. The van der Waals surface area contributed by atoms with E-state index in [-0.39, 0.29) is 16.7 Å². The van der Waals surface area contributed by atoms with E-state index in [1.165, 1.54) is 13.8 Å². The standard InChI is InChI=1S/C13H18O5.2C4H6O2/c1-8(2)11(14)17-10-6-5-7-16-13(10)18-12(15)9(3)4;2*1-3(2)4(5)6/h10,13H,1,3,5-7H2,2,4H3;2*1H2,2H3,(H,5,6). The maximum atomic E-state index is 11.4. The van der Waals surface area contributed by atoms with Crippen LogP contribution in [0.1, 0.15) is 40.5 Å². The minimum Gasteiger partial charge on any atom is -0.478 e.